The first-order chi connectivity index (χ1) is 7.18. The standard InChI is InChI=1S/C11H18N4.2ClH/c1-7-5-10(12)14-15-11(7)9-3-4-13-6-8(9)2;;/h5,8-9,13H,3-4,6H2,1-2H3,(H2,12,14);2*1H/t8-,9+;;/m0../s1. The molecule has 1 aliphatic rings. The first kappa shape index (κ1) is 16.4. The number of halogens is 2. The first-order valence-electron chi connectivity index (χ1n) is 5.49. The van der Waals surface area contributed by atoms with Crippen LogP contribution in [0.4, 0.5) is 5.82 Å². The predicted octanol–water partition coefficient (Wildman–Crippen LogP) is 1.92. The van der Waals surface area contributed by atoms with E-state index >= 15 is 0 Å². The molecule has 98 valence electrons. The van der Waals surface area contributed by atoms with Gasteiger partial charge >= 0.3 is 0 Å². The summed E-state index contributed by atoms with van der Waals surface area (Å²) >= 11 is 0. The number of piperidine rings is 1. The SMILES string of the molecule is Cc1cc(N)nnc1[C@@H]1CCNC[C@@H]1C.Cl.Cl. The second-order valence-corrected chi connectivity index (χ2v) is 4.41. The third kappa shape index (κ3) is 3.69. The summed E-state index contributed by atoms with van der Waals surface area (Å²) in [6, 6.07) is 1.91. The summed E-state index contributed by atoms with van der Waals surface area (Å²) in [5.74, 6) is 1.66. The molecule has 0 aliphatic carbocycles. The van der Waals surface area contributed by atoms with Crippen LogP contribution in [0.5, 0.6) is 0 Å². The number of nitrogens with two attached hydrogens (primary N) is 1. The van der Waals surface area contributed by atoms with Gasteiger partial charge < -0.3 is 11.1 Å². The van der Waals surface area contributed by atoms with E-state index in [4.69, 9.17) is 5.73 Å². The van der Waals surface area contributed by atoms with E-state index in [1.165, 1.54) is 5.56 Å². The number of nitrogen functional groups attached to an aromatic ring is 1. The van der Waals surface area contributed by atoms with Gasteiger partial charge in [0.1, 0.15) is 5.82 Å². The van der Waals surface area contributed by atoms with Crippen LogP contribution in [0.1, 0.15) is 30.5 Å². The Balaban J connectivity index is 0.00000128. The minimum atomic E-state index is 0. The number of aromatic nitrogens is 2. The van der Waals surface area contributed by atoms with Gasteiger partial charge in [-0.1, -0.05) is 6.92 Å². The number of aryl methyl sites for hydroxylation is 1. The van der Waals surface area contributed by atoms with Crippen LogP contribution in [0.25, 0.3) is 0 Å². The number of anilines is 1. The molecule has 0 unspecified atom stereocenters. The second kappa shape index (κ2) is 6.99. The number of nitrogens with zero attached hydrogens (tertiary/aromatic N) is 2. The normalized spacial score (nSPS) is 23.4. The molecule has 3 N–H and O–H groups in total. The van der Waals surface area contributed by atoms with E-state index in [1.807, 2.05) is 6.07 Å². The van der Waals surface area contributed by atoms with Gasteiger partial charge in [-0.3, -0.25) is 0 Å². The topological polar surface area (TPSA) is 63.8 Å². The lowest BCUT2D eigenvalue weighted by atomic mass is 9.84. The maximum Gasteiger partial charge on any atom is 0.146 e. The fourth-order valence-corrected chi connectivity index (χ4v) is 2.30. The van der Waals surface area contributed by atoms with Crippen LogP contribution >= 0.6 is 24.8 Å². The zero-order valence-electron chi connectivity index (χ0n) is 10.1. The molecule has 0 amide bonds. The first-order valence-corrected chi connectivity index (χ1v) is 5.49. The van der Waals surface area contributed by atoms with Crippen molar-refractivity contribution in [3.8, 4) is 0 Å². The summed E-state index contributed by atoms with van der Waals surface area (Å²) in [5.41, 5.74) is 7.90. The highest BCUT2D eigenvalue weighted by atomic mass is 35.5. The molecule has 2 atom stereocenters. The maximum atomic E-state index is 5.61. The summed E-state index contributed by atoms with van der Waals surface area (Å²) in [4.78, 5) is 0. The smallest absolute Gasteiger partial charge is 0.146 e. The van der Waals surface area contributed by atoms with Crippen molar-refractivity contribution in [3.05, 3.63) is 17.3 Å². The van der Waals surface area contributed by atoms with Gasteiger partial charge in [0.15, 0.2) is 0 Å². The Morgan fingerprint density at radius 2 is 2.06 bits per heavy atom. The number of rotatable bonds is 1. The summed E-state index contributed by atoms with van der Waals surface area (Å²) in [6.45, 7) is 6.46. The minimum absolute atomic E-state index is 0. The average molecular weight is 279 g/mol. The van der Waals surface area contributed by atoms with Crippen LogP contribution < -0.4 is 11.1 Å². The highest BCUT2D eigenvalue weighted by Crippen LogP contribution is 2.30. The van der Waals surface area contributed by atoms with Crippen molar-refractivity contribution in [1.82, 2.24) is 15.5 Å². The molecule has 0 radical (unpaired) electrons. The zero-order valence-corrected chi connectivity index (χ0v) is 11.8. The molecule has 17 heavy (non-hydrogen) atoms. The third-order valence-corrected chi connectivity index (χ3v) is 3.18. The molecular formula is C11H20Cl2N4. The Morgan fingerprint density at radius 3 is 2.65 bits per heavy atom. The van der Waals surface area contributed by atoms with Crippen LogP contribution in [-0.2, 0) is 0 Å². The second-order valence-electron chi connectivity index (χ2n) is 4.41. The van der Waals surface area contributed by atoms with Crippen molar-refractivity contribution in [1.29, 1.82) is 0 Å². The van der Waals surface area contributed by atoms with Gasteiger partial charge in [0, 0.05) is 5.92 Å². The van der Waals surface area contributed by atoms with Crippen molar-refractivity contribution in [2.24, 2.45) is 5.92 Å². The molecule has 1 saturated heterocycles. The molecule has 4 nitrogen and oxygen atoms in total. The lowest BCUT2D eigenvalue weighted by molar-refractivity contribution is 0.341. The van der Waals surface area contributed by atoms with Gasteiger partial charge in [0.2, 0.25) is 0 Å². The lowest BCUT2D eigenvalue weighted by Crippen LogP contribution is -2.34. The summed E-state index contributed by atoms with van der Waals surface area (Å²) in [6.07, 6.45) is 1.14. The molecule has 0 bridgehead atoms. The van der Waals surface area contributed by atoms with E-state index in [-0.39, 0.29) is 24.8 Å². The Hall–Kier alpha value is -0.580. The van der Waals surface area contributed by atoms with Gasteiger partial charge in [-0.15, -0.1) is 29.9 Å². The minimum Gasteiger partial charge on any atom is -0.382 e. The van der Waals surface area contributed by atoms with E-state index in [2.05, 4.69) is 29.4 Å². The van der Waals surface area contributed by atoms with E-state index in [9.17, 15) is 0 Å². The van der Waals surface area contributed by atoms with Gasteiger partial charge in [-0.05, 0) is 44.0 Å². The molecule has 6 heteroatoms. The largest absolute Gasteiger partial charge is 0.382 e. The van der Waals surface area contributed by atoms with E-state index in [0.717, 1.165) is 25.2 Å². The Kier molecular flexibility index (Phi) is 6.75. The van der Waals surface area contributed by atoms with Crippen LogP contribution in [-0.4, -0.2) is 23.3 Å². The van der Waals surface area contributed by atoms with Crippen molar-refractivity contribution in [2.45, 2.75) is 26.2 Å². The monoisotopic (exact) mass is 278 g/mol. The molecule has 0 saturated carbocycles. The number of hydrogen-bond donors (Lipinski definition) is 2. The molecule has 1 aliphatic heterocycles. The van der Waals surface area contributed by atoms with Crippen molar-refractivity contribution in [2.75, 3.05) is 18.8 Å². The molecule has 1 fully saturated rings. The van der Waals surface area contributed by atoms with Gasteiger partial charge in [0.05, 0.1) is 5.69 Å². The van der Waals surface area contributed by atoms with E-state index in [1.54, 1.807) is 0 Å². The molecule has 0 spiro atoms. The Morgan fingerprint density at radius 1 is 1.35 bits per heavy atom. The van der Waals surface area contributed by atoms with Crippen molar-refractivity contribution >= 4 is 30.6 Å². The Labute approximate surface area is 115 Å². The fourth-order valence-electron chi connectivity index (χ4n) is 2.30. The summed E-state index contributed by atoms with van der Waals surface area (Å²) < 4.78 is 0. The third-order valence-electron chi connectivity index (χ3n) is 3.18. The molecule has 0 aromatic carbocycles. The van der Waals surface area contributed by atoms with Gasteiger partial charge in [0.25, 0.3) is 0 Å². The molecule has 1 aromatic rings. The quantitative estimate of drug-likeness (QED) is 0.824. The predicted molar refractivity (Wildman–Crippen MR) is 75.1 cm³/mol. The lowest BCUT2D eigenvalue weighted by Gasteiger charge is -2.29. The summed E-state index contributed by atoms with van der Waals surface area (Å²) in [5, 5.41) is 11.6. The highest BCUT2D eigenvalue weighted by molar-refractivity contribution is 5.85. The van der Waals surface area contributed by atoms with Gasteiger partial charge in [-0.25, -0.2) is 0 Å². The highest BCUT2D eigenvalue weighted by Gasteiger charge is 2.25. The molecule has 2 heterocycles. The van der Waals surface area contributed by atoms with Crippen molar-refractivity contribution in [3.63, 3.8) is 0 Å². The number of nitrogens with one attached hydrogen (secondary N) is 1. The van der Waals surface area contributed by atoms with Crippen LogP contribution in [0.3, 0.4) is 0 Å². The molecule has 2 rings (SSSR count). The fraction of sp³-hybridized carbons (Fsp3) is 0.636. The van der Waals surface area contributed by atoms with E-state index < -0.39 is 0 Å². The maximum absolute atomic E-state index is 5.61. The number of hydrogen-bond acceptors (Lipinski definition) is 4. The summed E-state index contributed by atoms with van der Waals surface area (Å²) in [7, 11) is 0. The van der Waals surface area contributed by atoms with Gasteiger partial charge in [-0.2, -0.15) is 5.10 Å². The van der Waals surface area contributed by atoms with Crippen LogP contribution in [0, 0.1) is 12.8 Å². The molecular weight excluding hydrogens is 259 g/mol. The van der Waals surface area contributed by atoms with E-state index in [0.29, 0.717) is 17.7 Å². The van der Waals surface area contributed by atoms with Crippen LogP contribution in [0.15, 0.2) is 6.07 Å². The zero-order chi connectivity index (χ0) is 10.8. The average Bonchev–Trinajstić information content (AvgIpc) is 2.20. The van der Waals surface area contributed by atoms with Crippen LogP contribution in [0.2, 0.25) is 0 Å². The molecule has 1 aromatic heterocycles. The van der Waals surface area contributed by atoms with Crippen molar-refractivity contribution < 1.29 is 0 Å². The Bertz CT molecular complexity index is 359.